The van der Waals surface area contributed by atoms with Gasteiger partial charge in [0.05, 0.1) is 17.2 Å². The number of nitriles is 1. The van der Waals surface area contributed by atoms with Crippen molar-refractivity contribution in [2.75, 3.05) is 11.1 Å². The third kappa shape index (κ3) is 3.05. The van der Waals surface area contributed by atoms with Crippen LogP contribution >= 0.6 is 11.8 Å². The molecule has 1 aliphatic heterocycles. The maximum Gasteiger partial charge on any atom is 0.161 e. The highest BCUT2D eigenvalue weighted by atomic mass is 32.2. The second-order valence-electron chi connectivity index (χ2n) is 4.68. The SMILES string of the molecule is CCC1(C)CCSC(Nc2cccc(C#N)c2)=N1. The van der Waals surface area contributed by atoms with Crippen molar-refractivity contribution in [1.29, 1.82) is 5.26 Å². The van der Waals surface area contributed by atoms with Crippen LogP contribution in [0.25, 0.3) is 0 Å². The molecule has 1 heterocycles. The fourth-order valence-electron chi connectivity index (χ4n) is 1.81. The number of nitrogens with one attached hydrogen (secondary N) is 1. The summed E-state index contributed by atoms with van der Waals surface area (Å²) >= 11 is 1.75. The number of thioether (sulfide) groups is 1. The van der Waals surface area contributed by atoms with E-state index >= 15 is 0 Å². The van der Waals surface area contributed by atoms with Crippen LogP contribution in [0.3, 0.4) is 0 Å². The van der Waals surface area contributed by atoms with E-state index in [0.717, 1.165) is 29.4 Å². The zero-order valence-corrected chi connectivity index (χ0v) is 11.5. The summed E-state index contributed by atoms with van der Waals surface area (Å²) in [6.45, 7) is 4.37. The fourth-order valence-corrected chi connectivity index (χ4v) is 3.02. The van der Waals surface area contributed by atoms with E-state index in [4.69, 9.17) is 10.3 Å². The van der Waals surface area contributed by atoms with Crippen molar-refractivity contribution in [1.82, 2.24) is 0 Å². The monoisotopic (exact) mass is 259 g/mol. The summed E-state index contributed by atoms with van der Waals surface area (Å²) in [5.41, 5.74) is 1.65. The zero-order valence-electron chi connectivity index (χ0n) is 10.7. The molecule has 0 amide bonds. The number of hydrogen-bond donors (Lipinski definition) is 1. The number of anilines is 1. The fraction of sp³-hybridized carbons (Fsp3) is 0.429. The minimum atomic E-state index is 0.0560. The minimum absolute atomic E-state index is 0.0560. The molecular formula is C14H17N3S. The number of aliphatic imine (C=N–C) groups is 1. The van der Waals surface area contributed by atoms with Gasteiger partial charge in [0.1, 0.15) is 0 Å². The van der Waals surface area contributed by atoms with Crippen molar-refractivity contribution in [2.24, 2.45) is 4.99 Å². The average molecular weight is 259 g/mol. The van der Waals surface area contributed by atoms with Crippen molar-refractivity contribution in [2.45, 2.75) is 32.2 Å². The molecule has 0 saturated heterocycles. The van der Waals surface area contributed by atoms with Crippen LogP contribution in [0.5, 0.6) is 0 Å². The van der Waals surface area contributed by atoms with Crippen molar-refractivity contribution >= 4 is 22.6 Å². The van der Waals surface area contributed by atoms with E-state index in [1.54, 1.807) is 17.8 Å². The highest BCUT2D eigenvalue weighted by molar-refractivity contribution is 8.14. The molecule has 0 bridgehead atoms. The summed E-state index contributed by atoms with van der Waals surface area (Å²) in [5, 5.41) is 13.1. The van der Waals surface area contributed by atoms with E-state index in [1.807, 2.05) is 18.2 Å². The van der Waals surface area contributed by atoms with Crippen LogP contribution in [0, 0.1) is 11.3 Å². The Morgan fingerprint density at radius 1 is 1.56 bits per heavy atom. The first-order valence-electron chi connectivity index (χ1n) is 6.15. The molecule has 0 aromatic heterocycles. The molecule has 1 N–H and O–H groups in total. The summed E-state index contributed by atoms with van der Waals surface area (Å²) in [6, 6.07) is 9.64. The molecule has 0 aliphatic carbocycles. The van der Waals surface area contributed by atoms with Crippen LogP contribution in [0.4, 0.5) is 5.69 Å². The lowest BCUT2D eigenvalue weighted by molar-refractivity contribution is 0.443. The van der Waals surface area contributed by atoms with Gasteiger partial charge in [0.25, 0.3) is 0 Å². The Hall–Kier alpha value is -1.47. The van der Waals surface area contributed by atoms with Gasteiger partial charge in [0, 0.05) is 11.4 Å². The maximum atomic E-state index is 8.88. The first kappa shape index (κ1) is 13.0. The van der Waals surface area contributed by atoms with E-state index in [9.17, 15) is 0 Å². The first-order chi connectivity index (χ1) is 8.65. The van der Waals surface area contributed by atoms with Crippen molar-refractivity contribution < 1.29 is 0 Å². The standard InChI is InChI=1S/C14H17N3S/c1-3-14(2)7-8-18-13(17-14)16-12-6-4-5-11(9-12)10-15/h4-6,9H,3,7-8H2,1-2H3,(H,16,17). The zero-order chi connectivity index (χ0) is 13.0. The van der Waals surface area contributed by atoms with Crippen LogP contribution < -0.4 is 5.32 Å². The largest absolute Gasteiger partial charge is 0.335 e. The number of amidine groups is 1. The van der Waals surface area contributed by atoms with E-state index in [-0.39, 0.29) is 5.54 Å². The Morgan fingerprint density at radius 3 is 3.11 bits per heavy atom. The Morgan fingerprint density at radius 2 is 2.39 bits per heavy atom. The van der Waals surface area contributed by atoms with Gasteiger partial charge in [0.2, 0.25) is 0 Å². The van der Waals surface area contributed by atoms with Gasteiger partial charge in [-0.1, -0.05) is 24.8 Å². The maximum absolute atomic E-state index is 8.88. The quantitative estimate of drug-likeness (QED) is 0.882. The second-order valence-corrected chi connectivity index (χ2v) is 5.77. The van der Waals surface area contributed by atoms with Crippen LogP contribution in [-0.4, -0.2) is 16.5 Å². The lowest BCUT2D eigenvalue weighted by Crippen LogP contribution is -2.29. The molecule has 0 radical (unpaired) electrons. The van der Waals surface area contributed by atoms with Gasteiger partial charge in [-0.25, -0.2) is 0 Å². The van der Waals surface area contributed by atoms with E-state index in [2.05, 4.69) is 25.2 Å². The number of rotatable bonds is 2. The number of benzene rings is 1. The topological polar surface area (TPSA) is 48.2 Å². The molecule has 18 heavy (non-hydrogen) atoms. The molecule has 0 saturated carbocycles. The Kier molecular flexibility index (Phi) is 3.93. The Bertz CT molecular complexity index is 504. The van der Waals surface area contributed by atoms with Gasteiger partial charge < -0.3 is 5.32 Å². The number of nitrogens with zero attached hydrogens (tertiary/aromatic N) is 2. The highest BCUT2D eigenvalue weighted by Crippen LogP contribution is 2.29. The Labute approximate surface area is 112 Å². The number of hydrogen-bond acceptors (Lipinski definition) is 4. The molecule has 1 aliphatic rings. The predicted molar refractivity (Wildman–Crippen MR) is 78.0 cm³/mol. The molecule has 0 fully saturated rings. The van der Waals surface area contributed by atoms with Crippen LogP contribution in [0.1, 0.15) is 32.3 Å². The van der Waals surface area contributed by atoms with E-state index in [0.29, 0.717) is 5.56 Å². The summed E-state index contributed by atoms with van der Waals surface area (Å²) in [5.74, 6) is 1.09. The lowest BCUT2D eigenvalue weighted by Gasteiger charge is -2.29. The second kappa shape index (κ2) is 5.45. The average Bonchev–Trinajstić information content (AvgIpc) is 2.39. The Balaban J connectivity index is 2.16. The van der Waals surface area contributed by atoms with Gasteiger partial charge in [0.15, 0.2) is 5.17 Å². The molecule has 94 valence electrons. The third-order valence-electron chi connectivity index (χ3n) is 3.26. The minimum Gasteiger partial charge on any atom is -0.335 e. The third-order valence-corrected chi connectivity index (χ3v) is 4.13. The lowest BCUT2D eigenvalue weighted by atomic mass is 9.97. The molecule has 1 unspecified atom stereocenters. The molecular weight excluding hydrogens is 242 g/mol. The van der Waals surface area contributed by atoms with Crippen LogP contribution in [0.15, 0.2) is 29.3 Å². The summed E-state index contributed by atoms with van der Waals surface area (Å²) < 4.78 is 0. The molecule has 1 aromatic rings. The molecule has 1 aromatic carbocycles. The van der Waals surface area contributed by atoms with Crippen molar-refractivity contribution in [3.63, 3.8) is 0 Å². The van der Waals surface area contributed by atoms with Crippen molar-refractivity contribution in [3.8, 4) is 6.07 Å². The van der Waals surface area contributed by atoms with Crippen LogP contribution in [0.2, 0.25) is 0 Å². The molecule has 1 atom stereocenters. The summed E-state index contributed by atoms with van der Waals surface area (Å²) in [6.07, 6.45) is 2.18. The summed E-state index contributed by atoms with van der Waals surface area (Å²) in [7, 11) is 0. The van der Waals surface area contributed by atoms with Gasteiger partial charge in [-0.2, -0.15) is 5.26 Å². The van der Waals surface area contributed by atoms with Crippen LogP contribution in [-0.2, 0) is 0 Å². The van der Waals surface area contributed by atoms with Gasteiger partial charge >= 0.3 is 0 Å². The molecule has 3 nitrogen and oxygen atoms in total. The molecule has 0 spiro atoms. The van der Waals surface area contributed by atoms with Gasteiger partial charge in [-0.15, -0.1) is 0 Å². The van der Waals surface area contributed by atoms with Gasteiger partial charge in [-0.3, -0.25) is 4.99 Å². The van der Waals surface area contributed by atoms with E-state index in [1.165, 1.54) is 0 Å². The first-order valence-corrected chi connectivity index (χ1v) is 7.13. The van der Waals surface area contributed by atoms with Gasteiger partial charge in [-0.05, 0) is 38.0 Å². The molecule has 2 rings (SSSR count). The predicted octanol–water partition coefficient (Wildman–Crippen LogP) is 3.63. The highest BCUT2D eigenvalue weighted by Gasteiger charge is 2.25. The van der Waals surface area contributed by atoms with Crippen molar-refractivity contribution in [3.05, 3.63) is 29.8 Å². The normalized spacial score (nSPS) is 23.1. The smallest absolute Gasteiger partial charge is 0.161 e. The summed E-state index contributed by atoms with van der Waals surface area (Å²) in [4.78, 5) is 4.77. The van der Waals surface area contributed by atoms with E-state index < -0.39 is 0 Å². The molecule has 4 heteroatoms.